The third kappa shape index (κ3) is 3.69. The van der Waals surface area contributed by atoms with Gasteiger partial charge in [0.25, 0.3) is 5.91 Å². The van der Waals surface area contributed by atoms with Gasteiger partial charge < -0.3 is 14.5 Å². The van der Waals surface area contributed by atoms with E-state index in [0.29, 0.717) is 23.6 Å². The Hall–Kier alpha value is -2.25. The van der Waals surface area contributed by atoms with Gasteiger partial charge in [0.1, 0.15) is 11.3 Å². The molecule has 1 amide bonds. The van der Waals surface area contributed by atoms with Gasteiger partial charge in [-0.25, -0.2) is 0 Å². The van der Waals surface area contributed by atoms with Crippen molar-refractivity contribution in [1.29, 1.82) is 0 Å². The number of aliphatic hydroxyl groups excluding tert-OH is 1. The minimum Gasteiger partial charge on any atom is -0.396 e. The SMILES string of the molecule is Cc1ccc(CN2CC[C@@]3(CO)CCCN(C(=O)c4c(C)noc4C)[C@@H]3C2)nc1. The normalized spacial score (nSPS) is 25.1. The molecule has 156 valence electrons. The van der Waals surface area contributed by atoms with Crippen molar-refractivity contribution in [2.24, 2.45) is 5.41 Å². The number of rotatable bonds is 4. The van der Waals surface area contributed by atoms with Gasteiger partial charge in [-0.1, -0.05) is 11.2 Å². The Bertz CT molecular complexity index is 859. The first-order valence-corrected chi connectivity index (χ1v) is 10.4. The van der Waals surface area contributed by atoms with Crippen LogP contribution in [0.25, 0.3) is 0 Å². The topological polar surface area (TPSA) is 82.7 Å². The number of piperidine rings is 2. The molecule has 0 radical (unpaired) electrons. The molecule has 2 aromatic rings. The van der Waals surface area contributed by atoms with Gasteiger partial charge in [-0.2, -0.15) is 0 Å². The summed E-state index contributed by atoms with van der Waals surface area (Å²) in [6.07, 6.45) is 4.64. The van der Waals surface area contributed by atoms with Gasteiger partial charge in [-0.15, -0.1) is 0 Å². The van der Waals surface area contributed by atoms with Crippen molar-refractivity contribution in [1.82, 2.24) is 19.9 Å². The molecule has 0 aromatic carbocycles. The van der Waals surface area contributed by atoms with Crippen molar-refractivity contribution in [2.45, 2.75) is 52.6 Å². The number of aryl methyl sites for hydroxylation is 3. The standard InChI is InChI=1S/C22H30N4O3/c1-15-5-6-18(23-11-15)12-25-10-8-22(14-27)7-4-9-26(19(22)13-25)21(28)20-16(2)24-29-17(20)3/h5-6,11,19,27H,4,7-10,12-14H2,1-3H3/t19-,22-/m1/s1. The fourth-order valence-corrected chi connectivity index (χ4v) is 4.96. The van der Waals surface area contributed by atoms with E-state index in [4.69, 9.17) is 4.52 Å². The number of pyridine rings is 1. The van der Waals surface area contributed by atoms with Gasteiger partial charge in [0.2, 0.25) is 0 Å². The summed E-state index contributed by atoms with van der Waals surface area (Å²) in [6.45, 7) is 8.84. The van der Waals surface area contributed by atoms with E-state index in [1.165, 1.54) is 0 Å². The molecule has 2 atom stereocenters. The van der Waals surface area contributed by atoms with Crippen molar-refractivity contribution >= 4 is 5.91 Å². The van der Waals surface area contributed by atoms with Crippen LogP contribution in [0.4, 0.5) is 0 Å². The zero-order valence-electron chi connectivity index (χ0n) is 17.5. The predicted octanol–water partition coefficient (Wildman–Crippen LogP) is 2.48. The summed E-state index contributed by atoms with van der Waals surface area (Å²) >= 11 is 0. The molecule has 2 saturated heterocycles. The minimum atomic E-state index is -0.232. The Morgan fingerprint density at radius 2 is 2.10 bits per heavy atom. The lowest BCUT2D eigenvalue weighted by Crippen LogP contribution is -2.63. The van der Waals surface area contributed by atoms with Crippen LogP contribution in [-0.2, 0) is 6.54 Å². The molecular weight excluding hydrogens is 368 g/mol. The van der Waals surface area contributed by atoms with Crippen LogP contribution in [-0.4, -0.2) is 63.2 Å². The smallest absolute Gasteiger partial charge is 0.259 e. The molecule has 29 heavy (non-hydrogen) atoms. The molecule has 7 nitrogen and oxygen atoms in total. The molecule has 4 heterocycles. The summed E-state index contributed by atoms with van der Waals surface area (Å²) in [5, 5.41) is 14.3. The quantitative estimate of drug-likeness (QED) is 0.852. The average Bonchev–Trinajstić information content (AvgIpc) is 3.07. The number of amides is 1. The molecule has 1 N–H and O–H groups in total. The maximum atomic E-state index is 13.4. The van der Waals surface area contributed by atoms with E-state index >= 15 is 0 Å². The van der Waals surface area contributed by atoms with Crippen molar-refractivity contribution in [3.05, 3.63) is 46.6 Å². The van der Waals surface area contributed by atoms with Crippen LogP contribution in [0.1, 0.15) is 52.3 Å². The van der Waals surface area contributed by atoms with Crippen LogP contribution in [0.3, 0.4) is 0 Å². The third-order valence-electron chi connectivity index (χ3n) is 6.70. The number of likely N-dealkylation sites (tertiary alicyclic amines) is 2. The lowest BCUT2D eigenvalue weighted by molar-refractivity contribution is -0.0657. The zero-order valence-corrected chi connectivity index (χ0v) is 17.5. The summed E-state index contributed by atoms with van der Waals surface area (Å²) in [5.74, 6) is 0.531. The Balaban J connectivity index is 1.58. The molecule has 7 heteroatoms. The molecule has 4 rings (SSSR count). The Morgan fingerprint density at radius 1 is 1.28 bits per heavy atom. The van der Waals surface area contributed by atoms with Gasteiger partial charge in [-0.3, -0.25) is 14.7 Å². The first-order chi connectivity index (χ1) is 13.9. The second-order valence-electron chi connectivity index (χ2n) is 8.65. The number of hydrogen-bond acceptors (Lipinski definition) is 6. The maximum Gasteiger partial charge on any atom is 0.259 e. The first-order valence-electron chi connectivity index (χ1n) is 10.4. The van der Waals surface area contributed by atoms with E-state index in [2.05, 4.69) is 27.2 Å². The number of fused-ring (bicyclic) bond motifs is 1. The van der Waals surface area contributed by atoms with E-state index in [0.717, 1.165) is 50.2 Å². The highest BCUT2D eigenvalue weighted by atomic mass is 16.5. The molecule has 2 aromatic heterocycles. The maximum absolute atomic E-state index is 13.4. The van der Waals surface area contributed by atoms with E-state index in [1.54, 1.807) is 6.92 Å². The van der Waals surface area contributed by atoms with E-state index in [1.807, 2.05) is 24.9 Å². The molecule has 0 bridgehead atoms. The number of aliphatic hydroxyl groups is 1. The van der Waals surface area contributed by atoms with Crippen LogP contribution in [0, 0.1) is 26.2 Å². The van der Waals surface area contributed by atoms with Crippen molar-refractivity contribution in [3.63, 3.8) is 0 Å². The highest BCUT2D eigenvalue weighted by Crippen LogP contribution is 2.43. The summed E-state index contributed by atoms with van der Waals surface area (Å²) in [5.41, 5.74) is 3.14. The highest BCUT2D eigenvalue weighted by molar-refractivity contribution is 5.96. The Morgan fingerprint density at radius 3 is 2.76 bits per heavy atom. The van der Waals surface area contributed by atoms with E-state index in [9.17, 15) is 9.90 Å². The second kappa shape index (κ2) is 7.88. The van der Waals surface area contributed by atoms with Gasteiger partial charge in [0.15, 0.2) is 0 Å². The molecule has 0 aliphatic carbocycles. The molecule has 2 aliphatic rings. The molecular formula is C22H30N4O3. The van der Waals surface area contributed by atoms with Crippen molar-refractivity contribution in [2.75, 3.05) is 26.2 Å². The number of hydrogen-bond donors (Lipinski definition) is 1. The number of aromatic nitrogens is 2. The number of nitrogens with zero attached hydrogens (tertiary/aromatic N) is 4. The average molecular weight is 399 g/mol. The van der Waals surface area contributed by atoms with Crippen LogP contribution < -0.4 is 0 Å². The minimum absolute atomic E-state index is 0.0263. The molecule has 2 aliphatic heterocycles. The van der Waals surface area contributed by atoms with Crippen molar-refractivity contribution in [3.8, 4) is 0 Å². The second-order valence-corrected chi connectivity index (χ2v) is 8.65. The van der Waals surface area contributed by atoms with Gasteiger partial charge in [0.05, 0.1) is 24.0 Å². The van der Waals surface area contributed by atoms with Gasteiger partial charge >= 0.3 is 0 Å². The Labute approximate surface area is 171 Å². The molecule has 0 unspecified atom stereocenters. The fraction of sp³-hybridized carbons (Fsp3) is 0.591. The summed E-state index contributed by atoms with van der Waals surface area (Å²) in [7, 11) is 0. The van der Waals surface area contributed by atoms with E-state index < -0.39 is 0 Å². The van der Waals surface area contributed by atoms with Crippen LogP contribution in [0.5, 0.6) is 0 Å². The van der Waals surface area contributed by atoms with E-state index in [-0.39, 0.29) is 24.0 Å². The summed E-state index contributed by atoms with van der Waals surface area (Å²) in [4.78, 5) is 22.3. The summed E-state index contributed by atoms with van der Waals surface area (Å²) in [6, 6.07) is 4.12. The van der Waals surface area contributed by atoms with Crippen LogP contribution in [0.15, 0.2) is 22.9 Å². The molecule has 0 saturated carbocycles. The van der Waals surface area contributed by atoms with Gasteiger partial charge in [-0.05, 0) is 58.2 Å². The molecule has 2 fully saturated rings. The fourth-order valence-electron chi connectivity index (χ4n) is 4.96. The number of carbonyl (C=O) groups excluding carboxylic acids is 1. The predicted molar refractivity (Wildman–Crippen MR) is 108 cm³/mol. The van der Waals surface area contributed by atoms with Crippen molar-refractivity contribution < 1.29 is 14.4 Å². The van der Waals surface area contributed by atoms with Crippen LogP contribution >= 0.6 is 0 Å². The third-order valence-corrected chi connectivity index (χ3v) is 6.70. The van der Waals surface area contributed by atoms with Gasteiger partial charge in [0, 0.05) is 31.2 Å². The zero-order chi connectivity index (χ0) is 20.6. The monoisotopic (exact) mass is 398 g/mol. The lowest BCUT2D eigenvalue weighted by atomic mass is 9.68. The number of carbonyl (C=O) groups is 1. The first kappa shape index (κ1) is 20.0. The molecule has 0 spiro atoms. The van der Waals surface area contributed by atoms with Crippen LogP contribution in [0.2, 0.25) is 0 Å². The highest BCUT2D eigenvalue weighted by Gasteiger charge is 2.49. The lowest BCUT2D eigenvalue weighted by Gasteiger charge is -2.54. The Kier molecular flexibility index (Phi) is 5.44. The largest absolute Gasteiger partial charge is 0.396 e. The summed E-state index contributed by atoms with van der Waals surface area (Å²) < 4.78 is 5.24.